The minimum atomic E-state index is -0.953. The summed E-state index contributed by atoms with van der Waals surface area (Å²) in [6.07, 6.45) is 4.41. The van der Waals surface area contributed by atoms with E-state index in [0.29, 0.717) is 0 Å². The van der Waals surface area contributed by atoms with Gasteiger partial charge in [-0.05, 0) is 17.2 Å². The van der Waals surface area contributed by atoms with Gasteiger partial charge in [-0.1, -0.05) is 68.7 Å². The molecule has 0 spiro atoms. The molecule has 0 heterocycles. The molecule has 0 radical (unpaired) electrons. The molecule has 80 valence electrons. The summed E-state index contributed by atoms with van der Waals surface area (Å²) in [6.45, 7) is 11.2. The summed E-state index contributed by atoms with van der Waals surface area (Å²) in [6, 6.07) is 11.5. The predicted octanol–water partition coefficient (Wildman–Crippen LogP) is 4.59. The first kappa shape index (κ1) is 12.0. The molecule has 0 fully saturated rings. The van der Waals surface area contributed by atoms with Crippen LogP contribution in [0, 0.1) is 0 Å². The van der Waals surface area contributed by atoms with E-state index in [4.69, 9.17) is 0 Å². The zero-order valence-electron chi connectivity index (χ0n) is 9.96. The second-order valence-electron chi connectivity index (χ2n) is 5.06. The average molecular weight is 216 g/mol. The fourth-order valence-corrected chi connectivity index (χ4v) is 2.13. The van der Waals surface area contributed by atoms with Crippen molar-refractivity contribution in [2.24, 2.45) is 0 Å². The van der Waals surface area contributed by atoms with E-state index < -0.39 is 8.07 Å². The van der Waals surface area contributed by atoms with E-state index in [9.17, 15) is 0 Å². The zero-order valence-corrected chi connectivity index (χ0v) is 11.0. The molecule has 1 aromatic rings. The van der Waals surface area contributed by atoms with Crippen molar-refractivity contribution in [2.75, 3.05) is 0 Å². The lowest BCUT2D eigenvalue weighted by molar-refractivity contribution is 1.51. The molecule has 1 aromatic carbocycles. The van der Waals surface area contributed by atoms with Crippen LogP contribution >= 0.6 is 0 Å². The zero-order chi connectivity index (χ0) is 11.3. The summed E-state index contributed by atoms with van der Waals surface area (Å²) in [5.41, 5.74) is 2.32. The van der Waals surface area contributed by atoms with Gasteiger partial charge >= 0.3 is 0 Å². The first-order valence-electron chi connectivity index (χ1n) is 5.40. The average Bonchev–Trinajstić information content (AvgIpc) is 2.17. The minimum absolute atomic E-state index is 0.953. The maximum atomic E-state index is 4.07. The Morgan fingerprint density at radius 2 is 1.80 bits per heavy atom. The topological polar surface area (TPSA) is 0 Å². The van der Waals surface area contributed by atoms with Gasteiger partial charge in [0.1, 0.15) is 0 Å². The van der Waals surface area contributed by atoms with Gasteiger partial charge < -0.3 is 0 Å². The van der Waals surface area contributed by atoms with Crippen LogP contribution in [0.25, 0.3) is 5.57 Å². The molecule has 1 rings (SSSR count). The molecule has 0 saturated carbocycles. The van der Waals surface area contributed by atoms with Crippen molar-refractivity contribution in [2.45, 2.75) is 25.7 Å². The molecule has 0 aliphatic rings. The Morgan fingerprint density at radius 3 is 2.33 bits per heavy atom. The molecular weight excluding hydrogens is 196 g/mol. The van der Waals surface area contributed by atoms with Crippen molar-refractivity contribution in [1.29, 1.82) is 0 Å². The van der Waals surface area contributed by atoms with E-state index in [1.54, 1.807) is 0 Å². The van der Waals surface area contributed by atoms with Crippen LogP contribution in [0.3, 0.4) is 0 Å². The first-order chi connectivity index (χ1) is 6.99. The van der Waals surface area contributed by atoms with Crippen molar-refractivity contribution in [1.82, 2.24) is 0 Å². The highest BCUT2D eigenvalue weighted by Crippen LogP contribution is 2.15. The van der Waals surface area contributed by atoms with Gasteiger partial charge in [-0.15, -0.1) is 0 Å². The van der Waals surface area contributed by atoms with Crippen LogP contribution in [0.1, 0.15) is 5.56 Å². The van der Waals surface area contributed by atoms with Crippen LogP contribution in [-0.2, 0) is 0 Å². The standard InChI is InChI=1S/C14H20Si/c1-13(9-8-12-15(2,3)4)14-10-6-5-7-11-14/h5-11H,1,12H2,2-4H3/b9-8+. The molecule has 0 atom stereocenters. The lowest BCUT2D eigenvalue weighted by atomic mass is 10.1. The number of hydrogen-bond donors (Lipinski definition) is 0. The van der Waals surface area contributed by atoms with Gasteiger partial charge in [0, 0.05) is 8.07 Å². The van der Waals surface area contributed by atoms with Gasteiger partial charge in [-0.3, -0.25) is 0 Å². The molecule has 0 nitrogen and oxygen atoms in total. The molecular formula is C14H20Si. The van der Waals surface area contributed by atoms with Crippen LogP contribution < -0.4 is 0 Å². The van der Waals surface area contributed by atoms with Gasteiger partial charge in [-0.25, -0.2) is 0 Å². The van der Waals surface area contributed by atoms with Crippen LogP contribution in [0.5, 0.6) is 0 Å². The van der Waals surface area contributed by atoms with Gasteiger partial charge in [0.25, 0.3) is 0 Å². The van der Waals surface area contributed by atoms with E-state index in [-0.39, 0.29) is 0 Å². The van der Waals surface area contributed by atoms with Crippen molar-refractivity contribution < 1.29 is 0 Å². The van der Waals surface area contributed by atoms with E-state index in [1.807, 2.05) is 18.2 Å². The Bertz CT molecular complexity index is 341. The van der Waals surface area contributed by atoms with Gasteiger partial charge in [0.15, 0.2) is 0 Å². The van der Waals surface area contributed by atoms with Crippen LogP contribution in [0.2, 0.25) is 25.7 Å². The summed E-state index contributed by atoms with van der Waals surface area (Å²) in [4.78, 5) is 0. The molecule has 0 aromatic heterocycles. The summed E-state index contributed by atoms with van der Waals surface area (Å²) in [7, 11) is -0.953. The Hall–Kier alpha value is -1.08. The second-order valence-corrected chi connectivity index (χ2v) is 10.6. The quantitative estimate of drug-likeness (QED) is 0.510. The van der Waals surface area contributed by atoms with Gasteiger partial charge in [-0.2, -0.15) is 0 Å². The molecule has 0 saturated heterocycles. The largest absolute Gasteiger partial charge is 0.0912 e. The van der Waals surface area contributed by atoms with Crippen molar-refractivity contribution in [3.05, 3.63) is 54.6 Å². The molecule has 0 amide bonds. The van der Waals surface area contributed by atoms with E-state index in [1.165, 1.54) is 11.6 Å². The summed E-state index contributed by atoms with van der Waals surface area (Å²) in [5.74, 6) is 0. The fraction of sp³-hybridized carbons (Fsp3) is 0.286. The molecule has 0 bridgehead atoms. The van der Waals surface area contributed by atoms with Crippen molar-refractivity contribution in [3.63, 3.8) is 0 Å². The van der Waals surface area contributed by atoms with E-state index >= 15 is 0 Å². The summed E-state index contributed by atoms with van der Waals surface area (Å²) < 4.78 is 0. The maximum absolute atomic E-state index is 4.07. The van der Waals surface area contributed by atoms with Crippen molar-refractivity contribution >= 4 is 13.6 Å². The van der Waals surface area contributed by atoms with Crippen LogP contribution in [-0.4, -0.2) is 8.07 Å². The molecule has 15 heavy (non-hydrogen) atoms. The van der Waals surface area contributed by atoms with E-state index in [2.05, 4.69) is 50.5 Å². The molecule has 0 N–H and O–H groups in total. The third kappa shape index (κ3) is 4.80. The first-order valence-corrected chi connectivity index (χ1v) is 9.11. The Kier molecular flexibility index (Phi) is 4.10. The Morgan fingerprint density at radius 1 is 1.20 bits per heavy atom. The monoisotopic (exact) mass is 216 g/mol. The molecule has 1 heteroatoms. The van der Waals surface area contributed by atoms with Crippen LogP contribution in [0.15, 0.2) is 49.1 Å². The predicted molar refractivity (Wildman–Crippen MR) is 72.8 cm³/mol. The van der Waals surface area contributed by atoms with Crippen molar-refractivity contribution in [3.8, 4) is 0 Å². The van der Waals surface area contributed by atoms with Gasteiger partial charge in [0.05, 0.1) is 0 Å². The summed E-state index contributed by atoms with van der Waals surface area (Å²) >= 11 is 0. The number of benzene rings is 1. The number of hydrogen-bond acceptors (Lipinski definition) is 0. The second kappa shape index (κ2) is 5.13. The lowest BCUT2D eigenvalue weighted by Gasteiger charge is -2.11. The third-order valence-corrected chi connectivity index (χ3v) is 3.65. The highest BCUT2D eigenvalue weighted by atomic mass is 28.3. The number of allylic oxidation sites excluding steroid dienone is 3. The maximum Gasteiger partial charge on any atom is 0.0480 e. The SMILES string of the molecule is C=C(/C=C/C[Si](C)(C)C)c1ccccc1. The Labute approximate surface area is 94.4 Å². The van der Waals surface area contributed by atoms with E-state index in [0.717, 1.165) is 5.57 Å². The number of rotatable bonds is 4. The third-order valence-electron chi connectivity index (χ3n) is 2.19. The smallest absolute Gasteiger partial charge is 0.0480 e. The highest BCUT2D eigenvalue weighted by molar-refractivity contribution is 6.76. The molecule has 0 aliphatic carbocycles. The molecule has 0 unspecified atom stereocenters. The summed E-state index contributed by atoms with van der Waals surface area (Å²) in [5, 5.41) is 0. The molecule has 0 aliphatic heterocycles. The lowest BCUT2D eigenvalue weighted by Crippen LogP contribution is -2.17. The van der Waals surface area contributed by atoms with Crippen LogP contribution in [0.4, 0.5) is 0 Å². The van der Waals surface area contributed by atoms with Gasteiger partial charge in [0.2, 0.25) is 0 Å². The highest BCUT2D eigenvalue weighted by Gasteiger charge is 2.09. The fourth-order valence-electron chi connectivity index (χ4n) is 1.30. The minimum Gasteiger partial charge on any atom is -0.0912 e. The normalized spacial score (nSPS) is 11.9. The Balaban J connectivity index is 2.57.